The van der Waals surface area contributed by atoms with Crippen LogP contribution in [0.5, 0.6) is 0 Å². The molecule has 6 atom stereocenters. The molecular formula is C15H20O6. The molecule has 2 bridgehead atoms. The lowest BCUT2D eigenvalue weighted by Gasteiger charge is -2.46. The molecule has 0 aromatic heterocycles. The fourth-order valence-corrected chi connectivity index (χ4v) is 3.89. The van der Waals surface area contributed by atoms with Gasteiger partial charge in [0.1, 0.15) is 0 Å². The topological polar surface area (TPSA) is 71.1 Å². The SMILES string of the molecule is COC(=O)[C@@H]1[C@@H]2C=C[C@@H]([C@@H]3OC(C)(C)O[C@H]23)[C@@H]1C(=O)OC. The van der Waals surface area contributed by atoms with Gasteiger partial charge < -0.3 is 18.9 Å². The van der Waals surface area contributed by atoms with Gasteiger partial charge >= 0.3 is 11.9 Å². The van der Waals surface area contributed by atoms with Gasteiger partial charge in [-0.3, -0.25) is 9.59 Å². The molecule has 1 saturated heterocycles. The van der Waals surface area contributed by atoms with Crippen molar-refractivity contribution in [3.63, 3.8) is 0 Å². The Labute approximate surface area is 123 Å². The minimum absolute atomic E-state index is 0.236. The molecule has 1 heterocycles. The molecule has 116 valence electrons. The monoisotopic (exact) mass is 296 g/mol. The highest BCUT2D eigenvalue weighted by atomic mass is 16.8. The van der Waals surface area contributed by atoms with Crippen LogP contribution in [0, 0.1) is 23.7 Å². The summed E-state index contributed by atoms with van der Waals surface area (Å²) in [5, 5.41) is 0. The zero-order valence-electron chi connectivity index (χ0n) is 12.6. The van der Waals surface area contributed by atoms with Crippen molar-refractivity contribution in [1.82, 2.24) is 0 Å². The first-order valence-electron chi connectivity index (χ1n) is 7.09. The van der Waals surface area contributed by atoms with Gasteiger partial charge in [-0.05, 0) is 13.8 Å². The Morgan fingerprint density at radius 1 is 0.905 bits per heavy atom. The molecule has 21 heavy (non-hydrogen) atoms. The van der Waals surface area contributed by atoms with Crippen molar-refractivity contribution in [2.45, 2.75) is 31.8 Å². The van der Waals surface area contributed by atoms with Gasteiger partial charge in [-0.1, -0.05) is 12.2 Å². The first-order chi connectivity index (χ1) is 9.89. The normalized spacial score (nSPS) is 42.5. The van der Waals surface area contributed by atoms with E-state index in [1.54, 1.807) is 0 Å². The molecule has 6 nitrogen and oxygen atoms in total. The Morgan fingerprint density at radius 3 is 1.62 bits per heavy atom. The predicted octanol–water partition coefficient (Wildman–Crippen LogP) is 0.901. The zero-order chi connectivity index (χ0) is 15.4. The molecule has 0 radical (unpaired) electrons. The first-order valence-corrected chi connectivity index (χ1v) is 7.09. The van der Waals surface area contributed by atoms with Crippen molar-refractivity contribution in [2.75, 3.05) is 14.2 Å². The molecule has 0 spiro atoms. The van der Waals surface area contributed by atoms with E-state index in [0.29, 0.717) is 0 Å². The maximum absolute atomic E-state index is 12.2. The second kappa shape index (κ2) is 4.81. The van der Waals surface area contributed by atoms with Gasteiger partial charge in [-0.2, -0.15) is 0 Å². The van der Waals surface area contributed by atoms with E-state index in [2.05, 4.69) is 0 Å². The molecule has 2 fully saturated rings. The highest BCUT2D eigenvalue weighted by Crippen LogP contribution is 2.52. The molecule has 6 heteroatoms. The Bertz CT molecular complexity index is 454. The lowest BCUT2D eigenvalue weighted by Crippen LogP contribution is -2.57. The van der Waals surface area contributed by atoms with Crippen LogP contribution in [0.15, 0.2) is 12.2 Å². The number of carbonyl (C=O) groups excluding carboxylic acids is 2. The molecule has 0 amide bonds. The van der Waals surface area contributed by atoms with Crippen molar-refractivity contribution in [3.05, 3.63) is 12.2 Å². The van der Waals surface area contributed by atoms with Gasteiger partial charge in [0.25, 0.3) is 0 Å². The number of fused-ring (bicyclic) bond motifs is 1. The van der Waals surface area contributed by atoms with Crippen LogP contribution in [0.2, 0.25) is 0 Å². The summed E-state index contributed by atoms with van der Waals surface area (Å²) in [6, 6.07) is 0. The van der Waals surface area contributed by atoms with Crippen LogP contribution in [-0.2, 0) is 28.5 Å². The van der Waals surface area contributed by atoms with Crippen LogP contribution in [0.25, 0.3) is 0 Å². The van der Waals surface area contributed by atoms with E-state index in [1.807, 2.05) is 26.0 Å². The van der Waals surface area contributed by atoms with Crippen molar-refractivity contribution < 1.29 is 28.5 Å². The molecule has 0 aromatic rings. The van der Waals surface area contributed by atoms with Gasteiger partial charge in [0.05, 0.1) is 38.3 Å². The third kappa shape index (κ3) is 2.08. The van der Waals surface area contributed by atoms with E-state index in [9.17, 15) is 9.59 Å². The summed E-state index contributed by atoms with van der Waals surface area (Å²) >= 11 is 0. The minimum Gasteiger partial charge on any atom is -0.469 e. The van der Waals surface area contributed by atoms with E-state index < -0.39 is 29.6 Å². The number of rotatable bonds is 2. The Balaban J connectivity index is 2.00. The van der Waals surface area contributed by atoms with Crippen LogP contribution < -0.4 is 0 Å². The number of ether oxygens (including phenoxy) is 4. The average Bonchev–Trinajstić information content (AvgIpc) is 2.81. The maximum Gasteiger partial charge on any atom is 0.310 e. The zero-order valence-corrected chi connectivity index (χ0v) is 12.6. The number of esters is 2. The number of hydrogen-bond donors (Lipinski definition) is 0. The number of methoxy groups -OCH3 is 2. The van der Waals surface area contributed by atoms with Crippen LogP contribution in [0.3, 0.4) is 0 Å². The van der Waals surface area contributed by atoms with Crippen LogP contribution >= 0.6 is 0 Å². The lowest BCUT2D eigenvalue weighted by atomic mass is 9.59. The number of hydrogen-bond acceptors (Lipinski definition) is 6. The highest BCUT2D eigenvalue weighted by molar-refractivity contribution is 5.84. The van der Waals surface area contributed by atoms with Crippen molar-refractivity contribution in [3.8, 4) is 0 Å². The van der Waals surface area contributed by atoms with Gasteiger partial charge in [-0.25, -0.2) is 0 Å². The van der Waals surface area contributed by atoms with Crippen LogP contribution in [0.4, 0.5) is 0 Å². The summed E-state index contributed by atoms with van der Waals surface area (Å²) in [5.74, 6) is -3.18. The summed E-state index contributed by atoms with van der Waals surface area (Å²) in [5.41, 5.74) is 0. The van der Waals surface area contributed by atoms with Crippen LogP contribution in [-0.4, -0.2) is 44.2 Å². The maximum atomic E-state index is 12.2. The molecule has 4 aliphatic rings. The van der Waals surface area contributed by atoms with E-state index in [1.165, 1.54) is 14.2 Å². The molecule has 0 N–H and O–H groups in total. The largest absolute Gasteiger partial charge is 0.469 e. The quantitative estimate of drug-likeness (QED) is 0.557. The molecule has 1 saturated carbocycles. The molecule has 0 aromatic carbocycles. The molecule has 3 aliphatic carbocycles. The van der Waals surface area contributed by atoms with Gasteiger partial charge in [-0.15, -0.1) is 0 Å². The van der Waals surface area contributed by atoms with Gasteiger partial charge in [0.2, 0.25) is 0 Å². The standard InChI is InChI=1S/C15H20O6/c1-15(2)20-11-7-5-6-8(12(11)21-15)10(14(17)19-4)9(7)13(16)18-3/h5-12H,1-4H3/t7-,8+,9+,10-,11+,12-. The smallest absolute Gasteiger partial charge is 0.310 e. The summed E-state index contributed by atoms with van der Waals surface area (Å²) in [6.07, 6.45) is 3.41. The molecule has 1 aliphatic heterocycles. The van der Waals surface area contributed by atoms with Gasteiger partial charge in [0, 0.05) is 11.8 Å². The Kier molecular flexibility index (Phi) is 3.33. The Hall–Kier alpha value is -1.40. The van der Waals surface area contributed by atoms with Crippen LogP contribution in [0.1, 0.15) is 13.8 Å². The fraction of sp³-hybridized carbons (Fsp3) is 0.733. The number of carbonyl (C=O) groups is 2. The second-order valence-electron chi connectivity index (χ2n) is 6.20. The van der Waals surface area contributed by atoms with Crippen molar-refractivity contribution in [2.24, 2.45) is 23.7 Å². The summed E-state index contributed by atoms with van der Waals surface area (Å²) in [4.78, 5) is 24.4. The Morgan fingerprint density at radius 2 is 1.29 bits per heavy atom. The predicted molar refractivity (Wildman–Crippen MR) is 71.0 cm³/mol. The summed E-state index contributed by atoms with van der Waals surface area (Å²) in [7, 11) is 2.66. The van der Waals surface area contributed by atoms with Gasteiger partial charge in [0.15, 0.2) is 5.79 Å². The summed E-state index contributed by atoms with van der Waals surface area (Å²) < 4.78 is 21.7. The van der Waals surface area contributed by atoms with E-state index >= 15 is 0 Å². The molecular weight excluding hydrogens is 276 g/mol. The lowest BCUT2D eigenvalue weighted by molar-refractivity contribution is -0.171. The molecule has 0 unspecified atom stereocenters. The molecule has 4 rings (SSSR count). The third-order valence-electron chi connectivity index (χ3n) is 4.64. The second-order valence-corrected chi connectivity index (χ2v) is 6.20. The first kappa shape index (κ1) is 14.5. The average molecular weight is 296 g/mol. The third-order valence-corrected chi connectivity index (χ3v) is 4.64. The summed E-state index contributed by atoms with van der Waals surface area (Å²) in [6.45, 7) is 3.68. The van der Waals surface area contributed by atoms with E-state index in [4.69, 9.17) is 18.9 Å². The van der Waals surface area contributed by atoms with Crippen molar-refractivity contribution >= 4 is 11.9 Å². The minimum atomic E-state index is -0.719. The fourth-order valence-electron chi connectivity index (χ4n) is 3.89. The highest BCUT2D eigenvalue weighted by Gasteiger charge is 2.62. The van der Waals surface area contributed by atoms with Crippen molar-refractivity contribution in [1.29, 1.82) is 0 Å². The van der Waals surface area contributed by atoms with E-state index in [0.717, 1.165) is 0 Å². The van der Waals surface area contributed by atoms with E-state index in [-0.39, 0.29) is 24.0 Å².